The van der Waals surface area contributed by atoms with Crippen molar-refractivity contribution in [3.8, 4) is 16.9 Å². The molecule has 0 bridgehead atoms. The zero-order chi connectivity index (χ0) is 37.7. The number of hydrogen-bond acceptors (Lipinski definition) is 5. The van der Waals surface area contributed by atoms with Crippen molar-refractivity contribution in [2.45, 2.75) is 79.4 Å². The lowest BCUT2D eigenvalue weighted by Gasteiger charge is -2.28. The van der Waals surface area contributed by atoms with E-state index in [2.05, 4.69) is 24.2 Å². The minimum atomic E-state index is -1.56. The Balaban J connectivity index is 0.000000923. The third kappa shape index (κ3) is 10.1. The van der Waals surface area contributed by atoms with Crippen LogP contribution < -0.4 is 4.90 Å². The average molecular weight is 707 g/mol. The fourth-order valence-corrected chi connectivity index (χ4v) is 5.61. The molecule has 0 radical (unpaired) electrons. The van der Waals surface area contributed by atoms with Gasteiger partial charge in [0.1, 0.15) is 11.3 Å². The Bertz CT molecular complexity index is 1790. The van der Waals surface area contributed by atoms with E-state index in [-0.39, 0.29) is 16.8 Å². The number of aromatic nitrogens is 2. The second-order valence-electron chi connectivity index (χ2n) is 12.0. The van der Waals surface area contributed by atoms with Gasteiger partial charge in [-0.25, -0.2) is 27.4 Å². The first-order valence-corrected chi connectivity index (χ1v) is 17.4. The van der Waals surface area contributed by atoms with Crippen molar-refractivity contribution in [2.75, 3.05) is 25.0 Å². The van der Waals surface area contributed by atoms with Crippen LogP contribution in [0.15, 0.2) is 79.0 Å². The van der Waals surface area contributed by atoms with Crippen molar-refractivity contribution >= 4 is 17.7 Å². The lowest BCUT2D eigenvalue weighted by molar-refractivity contribution is 0.0386. The Kier molecular flexibility index (Phi) is 15.0. The number of carboxylic acid groups (broad SMARTS) is 1. The summed E-state index contributed by atoms with van der Waals surface area (Å²) in [6.45, 7) is 13.2. The highest BCUT2D eigenvalue weighted by Crippen LogP contribution is 2.34. The Labute approximate surface area is 299 Å². The van der Waals surface area contributed by atoms with Gasteiger partial charge in [0.25, 0.3) is 0 Å². The minimum Gasteiger partial charge on any atom is -0.478 e. The van der Waals surface area contributed by atoms with Crippen LogP contribution in [0.4, 0.5) is 23.7 Å². The molecular weight excluding hydrogens is 657 g/mol. The predicted molar refractivity (Wildman–Crippen MR) is 196 cm³/mol. The van der Waals surface area contributed by atoms with Crippen LogP contribution in [0.25, 0.3) is 16.9 Å². The summed E-state index contributed by atoms with van der Waals surface area (Å²) in [5.74, 6) is -5.19. The topological polar surface area (TPSA) is 87.9 Å². The molecule has 1 aromatic heterocycles. The van der Waals surface area contributed by atoms with E-state index in [1.807, 2.05) is 70.8 Å². The molecule has 274 valence electrons. The minimum absolute atomic E-state index is 0.119. The van der Waals surface area contributed by atoms with E-state index < -0.39 is 35.1 Å². The monoisotopic (exact) mass is 706 g/mol. The number of carbonyl (C=O) groups excluding carboxylic acids is 1. The van der Waals surface area contributed by atoms with Crippen LogP contribution in [0, 0.1) is 17.5 Å². The molecule has 1 aliphatic heterocycles. The summed E-state index contributed by atoms with van der Waals surface area (Å²) < 4.78 is 50.4. The van der Waals surface area contributed by atoms with Crippen molar-refractivity contribution in [1.29, 1.82) is 0 Å². The van der Waals surface area contributed by atoms with Crippen molar-refractivity contribution in [2.24, 2.45) is 0 Å². The van der Waals surface area contributed by atoms with Crippen LogP contribution >= 0.6 is 0 Å². The van der Waals surface area contributed by atoms with Crippen LogP contribution in [0.3, 0.4) is 0 Å². The molecule has 0 spiro atoms. The van der Waals surface area contributed by atoms with Gasteiger partial charge in [-0.1, -0.05) is 58.9 Å². The largest absolute Gasteiger partial charge is 0.478 e. The lowest BCUT2D eigenvalue weighted by Crippen LogP contribution is -2.37. The van der Waals surface area contributed by atoms with Crippen LogP contribution in [0.5, 0.6) is 0 Å². The number of ether oxygens (including phenoxy) is 1. The van der Waals surface area contributed by atoms with Crippen LogP contribution in [0.1, 0.15) is 82.3 Å². The Morgan fingerprint density at radius 2 is 1.73 bits per heavy atom. The number of aryl methyl sites for hydroxylation is 1. The van der Waals surface area contributed by atoms with Gasteiger partial charge < -0.3 is 14.7 Å². The number of carbonyl (C=O) groups is 2. The molecule has 1 amide bonds. The number of amides is 1. The maximum atomic E-state index is 15.0. The van der Waals surface area contributed by atoms with Crippen molar-refractivity contribution in [3.63, 3.8) is 0 Å². The molecular formula is C40H49F3N4O4. The SMILES string of the molecule is C/C=C\CC.CC.CCc1cccc(-n2cc(CN(C)CCC3(CC)CN(c4ccc(C(=O)O)cc4)C(=O)O3)c(-c3ccc(F)c(F)c3F)n2)c1. The molecule has 0 saturated carbocycles. The van der Waals surface area contributed by atoms with Crippen LogP contribution in [-0.4, -0.2) is 57.6 Å². The van der Waals surface area contributed by atoms with E-state index in [9.17, 15) is 27.9 Å². The number of nitrogens with zero attached hydrogens (tertiary/aromatic N) is 4. The summed E-state index contributed by atoms with van der Waals surface area (Å²) >= 11 is 0. The van der Waals surface area contributed by atoms with Crippen LogP contribution in [-0.2, 0) is 17.7 Å². The summed E-state index contributed by atoms with van der Waals surface area (Å²) in [5.41, 5.74) is 2.38. The van der Waals surface area contributed by atoms with E-state index in [1.54, 1.807) is 23.0 Å². The maximum absolute atomic E-state index is 15.0. The number of aromatic carboxylic acids is 1. The molecule has 1 N–H and O–H groups in total. The first-order chi connectivity index (χ1) is 24.4. The average Bonchev–Trinajstić information content (AvgIpc) is 3.72. The van der Waals surface area contributed by atoms with E-state index in [4.69, 9.17) is 4.74 Å². The van der Waals surface area contributed by atoms with Gasteiger partial charge in [-0.3, -0.25) is 4.90 Å². The third-order valence-electron chi connectivity index (χ3n) is 8.57. The highest BCUT2D eigenvalue weighted by atomic mass is 19.2. The highest BCUT2D eigenvalue weighted by Gasteiger charge is 2.44. The molecule has 0 aliphatic carbocycles. The Hall–Kier alpha value is -4.90. The fraction of sp³-hybridized carbons (Fsp3) is 0.375. The molecule has 1 fully saturated rings. The number of allylic oxidation sites excluding steroid dienone is 2. The van der Waals surface area contributed by atoms with Crippen molar-refractivity contribution in [1.82, 2.24) is 14.7 Å². The first kappa shape index (κ1) is 40.5. The molecule has 1 unspecified atom stereocenters. The quantitative estimate of drug-likeness (QED) is 0.117. The number of rotatable bonds is 12. The molecule has 4 aromatic rings. The Morgan fingerprint density at radius 3 is 2.31 bits per heavy atom. The van der Waals surface area contributed by atoms with Crippen molar-refractivity contribution < 1.29 is 32.6 Å². The standard InChI is InChI=1S/C33H33F3N4O4.C5H10.C2H6/c1-4-21-7-6-8-25(17-21)40-19-23(30(37-40)26-13-14-27(34)29(36)28(26)35)18-38(3)16-15-33(5-2)20-39(32(43)44-33)24-11-9-22(10-12-24)31(41)42;1-3-5-4-2;1-2/h6-14,17,19H,4-5,15-16,18,20H2,1-3H3,(H,41,42);3,5H,4H2,1-2H3;1-2H3/b;5-3-;. The molecule has 2 heterocycles. The van der Waals surface area contributed by atoms with E-state index in [0.717, 1.165) is 30.2 Å². The van der Waals surface area contributed by atoms with Gasteiger partial charge in [-0.2, -0.15) is 5.10 Å². The van der Waals surface area contributed by atoms with Gasteiger partial charge in [-0.15, -0.1) is 0 Å². The number of halogens is 3. The molecule has 3 aromatic carbocycles. The molecule has 8 nitrogen and oxygen atoms in total. The number of anilines is 1. The molecule has 1 aliphatic rings. The summed E-state index contributed by atoms with van der Waals surface area (Å²) in [6.07, 6.45) is 8.43. The molecule has 1 atom stereocenters. The zero-order valence-electron chi connectivity index (χ0n) is 30.6. The summed E-state index contributed by atoms with van der Waals surface area (Å²) in [4.78, 5) is 27.5. The number of cyclic esters (lactones) is 1. The Morgan fingerprint density at radius 1 is 1.02 bits per heavy atom. The number of hydrogen-bond donors (Lipinski definition) is 1. The van der Waals surface area contributed by atoms with Crippen molar-refractivity contribution in [3.05, 3.63) is 113 Å². The molecule has 5 rings (SSSR count). The van der Waals surface area contributed by atoms with Gasteiger partial charge in [-0.05, 0) is 87.3 Å². The van der Waals surface area contributed by atoms with E-state index in [0.29, 0.717) is 43.7 Å². The third-order valence-corrected chi connectivity index (χ3v) is 8.57. The smallest absolute Gasteiger partial charge is 0.415 e. The van der Waals surface area contributed by atoms with E-state index in [1.165, 1.54) is 23.1 Å². The van der Waals surface area contributed by atoms with Gasteiger partial charge in [0.05, 0.1) is 17.8 Å². The van der Waals surface area contributed by atoms with Gasteiger partial charge in [0, 0.05) is 42.5 Å². The first-order valence-electron chi connectivity index (χ1n) is 17.4. The second-order valence-corrected chi connectivity index (χ2v) is 12.0. The second kappa shape index (κ2) is 18.9. The number of benzene rings is 3. The normalized spacial score (nSPS) is 15.4. The maximum Gasteiger partial charge on any atom is 0.415 e. The van der Waals surface area contributed by atoms with Gasteiger partial charge >= 0.3 is 12.1 Å². The molecule has 51 heavy (non-hydrogen) atoms. The predicted octanol–water partition coefficient (Wildman–Crippen LogP) is 9.84. The van der Waals surface area contributed by atoms with Gasteiger partial charge in [0.2, 0.25) is 0 Å². The molecule has 1 saturated heterocycles. The van der Waals surface area contributed by atoms with Crippen LogP contribution in [0.2, 0.25) is 0 Å². The molecule has 11 heteroatoms. The highest BCUT2D eigenvalue weighted by molar-refractivity contribution is 5.92. The summed E-state index contributed by atoms with van der Waals surface area (Å²) in [5, 5.41) is 13.8. The summed E-state index contributed by atoms with van der Waals surface area (Å²) in [6, 6.07) is 15.8. The van der Waals surface area contributed by atoms with Gasteiger partial charge in [0.15, 0.2) is 17.5 Å². The lowest BCUT2D eigenvalue weighted by atomic mass is 9.95. The zero-order valence-corrected chi connectivity index (χ0v) is 30.6. The van der Waals surface area contributed by atoms with E-state index >= 15 is 0 Å². The fourth-order valence-electron chi connectivity index (χ4n) is 5.61. The summed E-state index contributed by atoms with van der Waals surface area (Å²) in [7, 11) is 1.86. The number of carboxylic acids is 1.